The molecular formula is C15H22ClN2O2-. The molecule has 20 heavy (non-hydrogen) atoms. The zero-order chi connectivity index (χ0) is 13.5. The van der Waals surface area contributed by atoms with Crippen molar-refractivity contribution in [3.8, 4) is 0 Å². The molecular weight excluding hydrogens is 276 g/mol. The summed E-state index contributed by atoms with van der Waals surface area (Å²) >= 11 is 0. The standard InChI is InChI=1S/C15H22N2O2.ClH/c18-13-12-16-8-10-17(11-9-16)15(19)7-6-14-4-2-1-3-5-14;/h1-5,18H,6-13H2;1H/p-1. The Morgan fingerprint density at radius 2 is 1.75 bits per heavy atom. The van der Waals surface area contributed by atoms with Crippen molar-refractivity contribution in [1.29, 1.82) is 0 Å². The largest absolute Gasteiger partial charge is 1.00 e. The van der Waals surface area contributed by atoms with Crippen LogP contribution in [-0.4, -0.2) is 60.1 Å². The molecule has 1 saturated heterocycles. The Balaban J connectivity index is 0.00000200. The molecule has 4 nitrogen and oxygen atoms in total. The molecule has 1 aromatic carbocycles. The van der Waals surface area contributed by atoms with Crippen molar-refractivity contribution in [3.05, 3.63) is 35.9 Å². The molecule has 0 spiro atoms. The van der Waals surface area contributed by atoms with Crippen LogP contribution in [0.5, 0.6) is 0 Å². The van der Waals surface area contributed by atoms with Crippen molar-refractivity contribution in [2.45, 2.75) is 12.8 Å². The van der Waals surface area contributed by atoms with Crippen LogP contribution in [0.4, 0.5) is 0 Å². The highest BCUT2D eigenvalue weighted by atomic mass is 35.5. The minimum atomic E-state index is 0. The lowest BCUT2D eigenvalue weighted by Gasteiger charge is -2.34. The molecule has 1 aliphatic rings. The number of piperazine rings is 1. The number of β-amino-alcohol motifs (C(OH)–C–C–N with tert-alkyl or cyclic N) is 1. The number of aliphatic hydroxyl groups excluding tert-OH is 1. The second kappa shape index (κ2) is 8.95. The molecule has 0 unspecified atom stereocenters. The van der Waals surface area contributed by atoms with E-state index in [9.17, 15) is 4.79 Å². The van der Waals surface area contributed by atoms with Crippen LogP contribution in [0.2, 0.25) is 0 Å². The number of aliphatic hydroxyl groups is 1. The van der Waals surface area contributed by atoms with Gasteiger partial charge in [-0.1, -0.05) is 30.3 Å². The van der Waals surface area contributed by atoms with Crippen molar-refractivity contribution in [3.63, 3.8) is 0 Å². The third kappa shape index (κ3) is 5.12. The number of amides is 1. The lowest BCUT2D eigenvalue weighted by molar-refractivity contribution is -0.132. The number of carbonyl (C=O) groups excluding carboxylic acids is 1. The van der Waals surface area contributed by atoms with E-state index >= 15 is 0 Å². The summed E-state index contributed by atoms with van der Waals surface area (Å²) in [6, 6.07) is 10.1. The number of carbonyl (C=O) groups is 1. The number of benzene rings is 1. The van der Waals surface area contributed by atoms with Gasteiger partial charge >= 0.3 is 0 Å². The van der Waals surface area contributed by atoms with E-state index in [1.54, 1.807) is 0 Å². The van der Waals surface area contributed by atoms with Gasteiger partial charge < -0.3 is 22.4 Å². The van der Waals surface area contributed by atoms with Gasteiger partial charge in [0.1, 0.15) is 0 Å². The predicted octanol–water partition coefficient (Wildman–Crippen LogP) is -2.24. The first-order valence-electron chi connectivity index (χ1n) is 6.94. The monoisotopic (exact) mass is 297 g/mol. The number of nitrogens with zero attached hydrogens (tertiary/aromatic N) is 2. The first-order valence-corrected chi connectivity index (χ1v) is 6.94. The smallest absolute Gasteiger partial charge is 0.222 e. The van der Waals surface area contributed by atoms with Gasteiger partial charge in [0.15, 0.2) is 0 Å². The number of hydrogen-bond donors (Lipinski definition) is 1. The van der Waals surface area contributed by atoms with Gasteiger partial charge in [0.25, 0.3) is 0 Å². The minimum absolute atomic E-state index is 0. The number of hydrogen-bond acceptors (Lipinski definition) is 3. The molecule has 1 aromatic rings. The van der Waals surface area contributed by atoms with Gasteiger partial charge in [-0.05, 0) is 12.0 Å². The van der Waals surface area contributed by atoms with Gasteiger partial charge in [-0.3, -0.25) is 9.69 Å². The molecule has 1 fully saturated rings. The Morgan fingerprint density at radius 1 is 1.10 bits per heavy atom. The van der Waals surface area contributed by atoms with Gasteiger partial charge in [-0.25, -0.2) is 0 Å². The molecule has 1 amide bonds. The summed E-state index contributed by atoms with van der Waals surface area (Å²) in [7, 11) is 0. The molecule has 0 aromatic heterocycles. The van der Waals surface area contributed by atoms with Gasteiger partial charge in [-0.2, -0.15) is 0 Å². The zero-order valence-corrected chi connectivity index (χ0v) is 12.4. The maximum Gasteiger partial charge on any atom is 0.222 e. The van der Waals surface area contributed by atoms with Crippen molar-refractivity contribution in [2.75, 3.05) is 39.3 Å². The molecule has 1 N–H and O–H groups in total. The van der Waals surface area contributed by atoms with Crippen LogP contribution in [0, 0.1) is 0 Å². The molecule has 112 valence electrons. The fraction of sp³-hybridized carbons (Fsp3) is 0.533. The van der Waals surface area contributed by atoms with Crippen molar-refractivity contribution < 1.29 is 22.3 Å². The molecule has 0 bridgehead atoms. The molecule has 0 radical (unpaired) electrons. The van der Waals surface area contributed by atoms with E-state index in [0.717, 1.165) is 32.6 Å². The lowest BCUT2D eigenvalue weighted by Crippen LogP contribution is -3.00. The highest BCUT2D eigenvalue weighted by Crippen LogP contribution is 2.07. The normalized spacial score (nSPS) is 15.8. The second-order valence-corrected chi connectivity index (χ2v) is 4.93. The number of halogens is 1. The maximum atomic E-state index is 12.1. The van der Waals surface area contributed by atoms with Crippen LogP contribution in [0.3, 0.4) is 0 Å². The Kier molecular flexibility index (Phi) is 7.59. The summed E-state index contributed by atoms with van der Waals surface area (Å²) in [4.78, 5) is 16.2. The van der Waals surface area contributed by atoms with Gasteiger partial charge in [0.2, 0.25) is 5.91 Å². The zero-order valence-electron chi connectivity index (χ0n) is 11.7. The Morgan fingerprint density at radius 3 is 2.35 bits per heavy atom. The number of aryl methyl sites for hydroxylation is 1. The Bertz CT molecular complexity index is 392. The second-order valence-electron chi connectivity index (χ2n) is 4.93. The first kappa shape index (κ1) is 17.0. The van der Waals surface area contributed by atoms with Gasteiger partial charge in [0.05, 0.1) is 6.61 Å². The maximum absolute atomic E-state index is 12.1. The highest BCUT2D eigenvalue weighted by Gasteiger charge is 2.20. The third-order valence-electron chi connectivity index (χ3n) is 3.61. The molecule has 2 rings (SSSR count). The summed E-state index contributed by atoms with van der Waals surface area (Å²) in [5.74, 6) is 0.243. The molecule has 1 aliphatic heterocycles. The fourth-order valence-corrected chi connectivity index (χ4v) is 2.42. The first-order chi connectivity index (χ1) is 9.29. The minimum Gasteiger partial charge on any atom is -1.00 e. The van der Waals surface area contributed by atoms with E-state index in [1.807, 2.05) is 23.1 Å². The Labute approximate surface area is 126 Å². The lowest BCUT2D eigenvalue weighted by atomic mass is 10.1. The van der Waals surface area contributed by atoms with Crippen molar-refractivity contribution in [2.24, 2.45) is 0 Å². The van der Waals surface area contributed by atoms with Crippen LogP contribution in [-0.2, 0) is 11.2 Å². The van der Waals surface area contributed by atoms with Crippen molar-refractivity contribution in [1.82, 2.24) is 9.80 Å². The molecule has 0 aliphatic carbocycles. The molecule has 1 heterocycles. The quantitative estimate of drug-likeness (QED) is 0.668. The number of rotatable bonds is 5. The summed E-state index contributed by atoms with van der Waals surface area (Å²) in [5.41, 5.74) is 1.22. The van der Waals surface area contributed by atoms with E-state index in [0.29, 0.717) is 13.0 Å². The molecule has 0 saturated carbocycles. The van der Waals surface area contributed by atoms with E-state index in [-0.39, 0.29) is 24.9 Å². The average Bonchev–Trinajstić information content (AvgIpc) is 2.47. The topological polar surface area (TPSA) is 43.8 Å². The van der Waals surface area contributed by atoms with Crippen LogP contribution in [0.15, 0.2) is 30.3 Å². The van der Waals surface area contributed by atoms with E-state index < -0.39 is 0 Å². The summed E-state index contributed by atoms with van der Waals surface area (Å²) in [5, 5.41) is 8.88. The van der Waals surface area contributed by atoms with Crippen molar-refractivity contribution >= 4 is 5.91 Å². The van der Waals surface area contributed by atoms with Crippen LogP contribution in [0.25, 0.3) is 0 Å². The highest BCUT2D eigenvalue weighted by molar-refractivity contribution is 5.76. The molecule has 5 heteroatoms. The van der Waals surface area contributed by atoms with Crippen LogP contribution < -0.4 is 12.4 Å². The SMILES string of the molecule is O=C(CCc1ccccc1)N1CCN(CCO)CC1.[Cl-]. The van der Waals surface area contributed by atoms with Crippen LogP contribution in [0.1, 0.15) is 12.0 Å². The summed E-state index contributed by atoms with van der Waals surface area (Å²) in [6.07, 6.45) is 1.40. The summed E-state index contributed by atoms with van der Waals surface area (Å²) in [6.45, 7) is 4.23. The predicted molar refractivity (Wildman–Crippen MR) is 74.9 cm³/mol. The molecule has 0 atom stereocenters. The Hall–Kier alpha value is -1.10. The van der Waals surface area contributed by atoms with Crippen LogP contribution >= 0.6 is 0 Å². The average molecular weight is 298 g/mol. The fourth-order valence-electron chi connectivity index (χ4n) is 2.42. The van der Waals surface area contributed by atoms with Gasteiger partial charge in [0, 0.05) is 39.1 Å². The summed E-state index contributed by atoms with van der Waals surface area (Å²) < 4.78 is 0. The van der Waals surface area contributed by atoms with E-state index in [4.69, 9.17) is 5.11 Å². The van der Waals surface area contributed by atoms with Gasteiger partial charge in [-0.15, -0.1) is 0 Å². The third-order valence-corrected chi connectivity index (χ3v) is 3.61. The van der Waals surface area contributed by atoms with E-state index in [2.05, 4.69) is 17.0 Å². The van der Waals surface area contributed by atoms with E-state index in [1.165, 1.54) is 5.56 Å².